The molecular formula is C38H26FN2O+. The summed E-state index contributed by atoms with van der Waals surface area (Å²) in [4.78, 5) is 0. The van der Waals surface area contributed by atoms with E-state index in [1.807, 2.05) is 73.1 Å². The van der Waals surface area contributed by atoms with E-state index in [-0.39, 0.29) is 5.82 Å². The zero-order valence-electron chi connectivity index (χ0n) is 23.2. The second-order valence-corrected chi connectivity index (χ2v) is 10.6. The van der Waals surface area contributed by atoms with E-state index in [4.69, 9.17) is 4.42 Å². The first kappa shape index (κ1) is 25.4. The van der Waals surface area contributed by atoms with Gasteiger partial charge < -0.3 is 4.42 Å². The predicted octanol–water partition coefficient (Wildman–Crippen LogP) is 9.40. The van der Waals surface area contributed by atoms with Crippen molar-refractivity contribution in [2.24, 2.45) is 7.05 Å². The van der Waals surface area contributed by atoms with Crippen molar-refractivity contribution in [1.29, 1.82) is 5.26 Å². The molecule has 3 nitrogen and oxygen atoms in total. The van der Waals surface area contributed by atoms with Gasteiger partial charge in [0.15, 0.2) is 6.20 Å². The first-order valence-electron chi connectivity index (χ1n) is 13.8. The number of hydrogen-bond acceptors (Lipinski definition) is 2. The molecule has 0 aliphatic heterocycles. The second-order valence-electron chi connectivity index (χ2n) is 10.6. The molecule has 7 aromatic rings. The average molecular weight is 546 g/mol. The fourth-order valence-electron chi connectivity index (χ4n) is 5.83. The number of fused-ring (bicyclic) bond motifs is 3. The molecule has 42 heavy (non-hydrogen) atoms. The summed E-state index contributed by atoms with van der Waals surface area (Å²) < 4.78 is 22.9. The third kappa shape index (κ3) is 4.24. The van der Waals surface area contributed by atoms with Crippen molar-refractivity contribution in [3.05, 3.63) is 138 Å². The molecule has 2 heterocycles. The number of pyridine rings is 1. The van der Waals surface area contributed by atoms with E-state index in [0.717, 1.165) is 55.4 Å². The number of halogens is 1. The highest BCUT2D eigenvalue weighted by Gasteiger charge is 2.23. The Labute approximate surface area is 243 Å². The summed E-state index contributed by atoms with van der Waals surface area (Å²) in [5, 5.41) is 11.9. The van der Waals surface area contributed by atoms with Crippen LogP contribution in [-0.4, -0.2) is 0 Å². The monoisotopic (exact) mass is 545 g/mol. The van der Waals surface area contributed by atoms with Gasteiger partial charge in [-0.25, -0.2) is 8.96 Å². The number of aryl methyl sites for hydroxylation is 2. The molecule has 0 atom stereocenters. The minimum Gasteiger partial charge on any atom is -0.454 e. The van der Waals surface area contributed by atoms with E-state index < -0.39 is 0 Å². The molecule has 0 saturated carbocycles. The van der Waals surface area contributed by atoms with Crippen molar-refractivity contribution in [2.75, 3.05) is 0 Å². The molecule has 0 amide bonds. The maximum Gasteiger partial charge on any atom is 0.219 e. The maximum atomic E-state index is 14.3. The molecule has 5 aromatic carbocycles. The molecule has 4 heteroatoms. The number of hydrogen-bond donors (Lipinski definition) is 0. The van der Waals surface area contributed by atoms with Crippen LogP contribution >= 0.6 is 0 Å². The van der Waals surface area contributed by atoms with Crippen molar-refractivity contribution in [1.82, 2.24) is 0 Å². The smallest absolute Gasteiger partial charge is 0.219 e. The van der Waals surface area contributed by atoms with Gasteiger partial charge in [-0.05, 0) is 58.5 Å². The van der Waals surface area contributed by atoms with Gasteiger partial charge in [-0.3, -0.25) is 0 Å². The third-order valence-electron chi connectivity index (χ3n) is 7.98. The van der Waals surface area contributed by atoms with Gasteiger partial charge in [-0.1, -0.05) is 84.9 Å². The van der Waals surface area contributed by atoms with Crippen LogP contribution in [-0.2, 0) is 7.05 Å². The lowest BCUT2D eigenvalue weighted by Gasteiger charge is -2.09. The molecule has 0 fully saturated rings. The first-order valence-corrected chi connectivity index (χ1v) is 13.8. The van der Waals surface area contributed by atoms with Gasteiger partial charge >= 0.3 is 0 Å². The lowest BCUT2D eigenvalue weighted by molar-refractivity contribution is -0.660. The molecule has 0 aliphatic carbocycles. The highest BCUT2D eigenvalue weighted by molar-refractivity contribution is 6.14. The van der Waals surface area contributed by atoms with Crippen LogP contribution in [0.25, 0.3) is 66.6 Å². The van der Waals surface area contributed by atoms with Crippen molar-refractivity contribution in [3.8, 4) is 50.7 Å². The zero-order valence-corrected chi connectivity index (χ0v) is 23.2. The Balaban J connectivity index is 1.38. The highest BCUT2D eigenvalue weighted by atomic mass is 19.1. The third-order valence-corrected chi connectivity index (χ3v) is 7.98. The Bertz CT molecular complexity index is 2170. The summed E-state index contributed by atoms with van der Waals surface area (Å²) in [5.74, 6) is -0.308. The largest absolute Gasteiger partial charge is 0.454 e. The van der Waals surface area contributed by atoms with Gasteiger partial charge in [0.2, 0.25) is 5.69 Å². The van der Waals surface area contributed by atoms with Gasteiger partial charge in [0, 0.05) is 28.5 Å². The average Bonchev–Trinajstić information content (AvgIpc) is 3.41. The Morgan fingerprint density at radius 2 is 1.26 bits per heavy atom. The molecule has 0 radical (unpaired) electrons. The van der Waals surface area contributed by atoms with Gasteiger partial charge in [0.25, 0.3) is 0 Å². The summed E-state index contributed by atoms with van der Waals surface area (Å²) in [5.41, 5.74) is 10.6. The zero-order chi connectivity index (χ0) is 28.8. The van der Waals surface area contributed by atoms with Crippen LogP contribution in [0.15, 0.2) is 126 Å². The lowest BCUT2D eigenvalue weighted by atomic mass is 9.94. The van der Waals surface area contributed by atoms with Gasteiger partial charge in [0.05, 0.1) is 17.2 Å². The first-order chi connectivity index (χ1) is 20.5. The summed E-state index contributed by atoms with van der Waals surface area (Å²) in [7, 11) is 1.89. The van der Waals surface area contributed by atoms with Crippen molar-refractivity contribution >= 4 is 21.9 Å². The Kier molecular flexibility index (Phi) is 6.14. The molecule has 0 unspecified atom stereocenters. The van der Waals surface area contributed by atoms with E-state index in [1.165, 1.54) is 17.7 Å². The number of furan rings is 1. The van der Waals surface area contributed by atoms with Crippen LogP contribution in [0.3, 0.4) is 0 Å². The Morgan fingerprint density at radius 1 is 0.643 bits per heavy atom. The minimum absolute atomic E-state index is 0.308. The van der Waals surface area contributed by atoms with Crippen LogP contribution in [0.2, 0.25) is 0 Å². The molecule has 2 aromatic heterocycles. The molecule has 7 rings (SSSR count). The van der Waals surface area contributed by atoms with Crippen molar-refractivity contribution < 1.29 is 13.4 Å². The van der Waals surface area contributed by atoms with Gasteiger partial charge in [-0.2, -0.15) is 5.26 Å². The second kappa shape index (κ2) is 10.1. The number of benzene rings is 5. The molecule has 0 saturated heterocycles. The van der Waals surface area contributed by atoms with Gasteiger partial charge in [-0.15, -0.1) is 0 Å². The summed E-state index contributed by atoms with van der Waals surface area (Å²) >= 11 is 0. The number of nitrogens with zero attached hydrogens (tertiary/aromatic N) is 2. The number of nitriles is 1. The van der Waals surface area contributed by atoms with E-state index in [9.17, 15) is 9.65 Å². The fourth-order valence-corrected chi connectivity index (χ4v) is 5.83. The summed E-state index contributed by atoms with van der Waals surface area (Å²) in [6.07, 6.45) is 1.71. The minimum atomic E-state index is -0.308. The SMILES string of the molecule is Cc1ccc2c(oc3c(-c4ccc(-c5cccc(-c6ccccc6)c5)cc4)c(C#N)ccc32)c1-c1cc(F)cc[n+]1C. The molecule has 0 bridgehead atoms. The summed E-state index contributed by atoms with van der Waals surface area (Å²) in [6, 6.07) is 40.3. The van der Waals surface area contributed by atoms with E-state index in [1.54, 1.807) is 6.20 Å². The molecule has 0 aliphatic rings. The Morgan fingerprint density at radius 3 is 1.98 bits per heavy atom. The Hall–Kier alpha value is -5.53. The lowest BCUT2D eigenvalue weighted by Crippen LogP contribution is -2.30. The quantitative estimate of drug-likeness (QED) is 0.207. The molecule has 0 N–H and O–H groups in total. The highest BCUT2D eigenvalue weighted by Crippen LogP contribution is 2.42. The predicted molar refractivity (Wildman–Crippen MR) is 166 cm³/mol. The summed E-state index contributed by atoms with van der Waals surface area (Å²) in [6.45, 7) is 2.00. The van der Waals surface area contributed by atoms with E-state index in [2.05, 4.69) is 54.6 Å². The number of rotatable bonds is 4. The van der Waals surface area contributed by atoms with Crippen LogP contribution in [0, 0.1) is 24.1 Å². The topological polar surface area (TPSA) is 40.8 Å². The van der Waals surface area contributed by atoms with E-state index in [0.29, 0.717) is 16.7 Å². The maximum absolute atomic E-state index is 14.3. The van der Waals surface area contributed by atoms with Gasteiger partial charge in [0.1, 0.15) is 24.0 Å². The normalized spacial score (nSPS) is 11.2. The van der Waals surface area contributed by atoms with Crippen LogP contribution in [0.4, 0.5) is 4.39 Å². The standard InChI is InChI=1S/C38H26FN2O/c1-24-11-17-32-33-18-16-30(23-40)36(38(33)42-37(32)35(24)34-22-31(39)19-20-41(34)2)27-14-12-26(13-15-27)29-10-6-9-28(21-29)25-7-4-3-5-8-25/h3-22H,1-2H3/q+1. The van der Waals surface area contributed by atoms with Crippen molar-refractivity contribution in [3.63, 3.8) is 0 Å². The van der Waals surface area contributed by atoms with Crippen LogP contribution < -0.4 is 4.57 Å². The molecule has 0 spiro atoms. The number of aromatic nitrogens is 1. The van der Waals surface area contributed by atoms with Crippen LogP contribution in [0.5, 0.6) is 0 Å². The molecule has 200 valence electrons. The van der Waals surface area contributed by atoms with Crippen molar-refractivity contribution in [2.45, 2.75) is 6.92 Å². The molecular weight excluding hydrogens is 519 g/mol. The fraction of sp³-hybridized carbons (Fsp3) is 0.0526. The van der Waals surface area contributed by atoms with E-state index >= 15 is 0 Å². The van der Waals surface area contributed by atoms with Crippen LogP contribution in [0.1, 0.15) is 11.1 Å².